The standard InChI is InChI=1S/C21H24ClN3O4S2/c22-17-9-8-15(31(28,29)25-10-4-5-11-25)13-16(17)20(26)23-24-21(27)19-12-14-6-2-1-3-7-18(14)30-19/h8-9,12-13H,1-7,10-11H2,(H,23,26)(H,24,27). The van der Waals surface area contributed by atoms with Crippen LogP contribution in [-0.4, -0.2) is 37.6 Å². The van der Waals surface area contributed by atoms with E-state index in [1.54, 1.807) is 0 Å². The van der Waals surface area contributed by atoms with Crippen LogP contribution in [0, 0.1) is 0 Å². The number of amides is 2. The van der Waals surface area contributed by atoms with Crippen molar-refractivity contribution in [1.29, 1.82) is 0 Å². The van der Waals surface area contributed by atoms with Crippen LogP contribution in [-0.2, 0) is 22.9 Å². The van der Waals surface area contributed by atoms with E-state index in [0.29, 0.717) is 18.0 Å². The van der Waals surface area contributed by atoms with Gasteiger partial charge in [-0.2, -0.15) is 4.31 Å². The number of halogens is 1. The van der Waals surface area contributed by atoms with Crippen LogP contribution >= 0.6 is 22.9 Å². The molecule has 1 aliphatic heterocycles. The quantitative estimate of drug-likeness (QED) is 0.515. The van der Waals surface area contributed by atoms with E-state index in [4.69, 9.17) is 11.6 Å². The molecule has 0 spiro atoms. The van der Waals surface area contributed by atoms with Gasteiger partial charge in [0.25, 0.3) is 11.8 Å². The number of sulfonamides is 1. The first kappa shape index (κ1) is 22.3. The number of rotatable bonds is 4. The summed E-state index contributed by atoms with van der Waals surface area (Å²) in [6, 6.07) is 5.93. The molecule has 2 amide bonds. The van der Waals surface area contributed by atoms with Crippen LogP contribution in [0.5, 0.6) is 0 Å². The number of nitrogens with one attached hydrogen (secondary N) is 2. The summed E-state index contributed by atoms with van der Waals surface area (Å²) < 4.78 is 27.0. The second kappa shape index (κ2) is 9.28. The van der Waals surface area contributed by atoms with Crippen molar-refractivity contribution < 1.29 is 18.0 Å². The Morgan fingerprint density at radius 1 is 0.935 bits per heavy atom. The zero-order valence-corrected chi connectivity index (χ0v) is 19.3. The third-order valence-corrected chi connectivity index (χ3v) is 9.11. The molecular formula is C21H24ClN3O4S2. The molecule has 1 aromatic heterocycles. The van der Waals surface area contributed by atoms with Crippen molar-refractivity contribution in [3.8, 4) is 0 Å². The van der Waals surface area contributed by atoms with Gasteiger partial charge in [0.15, 0.2) is 0 Å². The predicted molar refractivity (Wildman–Crippen MR) is 120 cm³/mol. The molecule has 0 unspecified atom stereocenters. The summed E-state index contributed by atoms with van der Waals surface area (Å²) in [6.07, 6.45) is 7.03. The minimum Gasteiger partial charge on any atom is -0.267 e. The van der Waals surface area contributed by atoms with Crippen molar-refractivity contribution in [3.05, 3.63) is 50.2 Å². The van der Waals surface area contributed by atoms with Gasteiger partial charge in [0.05, 0.1) is 20.4 Å². The number of thiophene rings is 1. The lowest BCUT2D eigenvalue weighted by molar-refractivity contribution is 0.0849. The summed E-state index contributed by atoms with van der Waals surface area (Å²) in [6.45, 7) is 0.931. The van der Waals surface area contributed by atoms with E-state index in [9.17, 15) is 18.0 Å². The van der Waals surface area contributed by atoms with Gasteiger partial charge >= 0.3 is 0 Å². The number of carbonyl (C=O) groups excluding carboxylic acids is 2. The fourth-order valence-electron chi connectivity index (χ4n) is 3.94. The Hall–Kier alpha value is -1.94. The summed E-state index contributed by atoms with van der Waals surface area (Å²) in [5.41, 5.74) is 5.97. The smallest absolute Gasteiger partial charge is 0.267 e. The number of aryl methyl sites for hydroxylation is 2. The number of carbonyl (C=O) groups is 2. The average Bonchev–Trinajstić information content (AvgIpc) is 3.39. The molecule has 0 atom stereocenters. The average molecular weight is 482 g/mol. The molecule has 2 heterocycles. The van der Waals surface area contributed by atoms with E-state index in [2.05, 4.69) is 10.9 Å². The van der Waals surface area contributed by atoms with Gasteiger partial charge in [0.2, 0.25) is 10.0 Å². The normalized spacial score (nSPS) is 17.1. The zero-order valence-electron chi connectivity index (χ0n) is 16.9. The maximum absolute atomic E-state index is 12.8. The minimum absolute atomic E-state index is 0.01000. The third-order valence-electron chi connectivity index (χ3n) is 5.65. The van der Waals surface area contributed by atoms with Gasteiger partial charge in [0.1, 0.15) is 0 Å². The maximum atomic E-state index is 12.8. The van der Waals surface area contributed by atoms with Crippen LogP contribution in [0.4, 0.5) is 0 Å². The Morgan fingerprint density at radius 3 is 2.42 bits per heavy atom. The van der Waals surface area contributed by atoms with Crippen molar-refractivity contribution >= 4 is 44.8 Å². The Balaban J connectivity index is 1.45. The van der Waals surface area contributed by atoms with Gasteiger partial charge in [0, 0.05) is 18.0 Å². The fourth-order valence-corrected chi connectivity index (χ4v) is 6.83. The van der Waals surface area contributed by atoms with Gasteiger partial charge in [-0.25, -0.2) is 8.42 Å². The molecule has 10 heteroatoms. The Labute approximate surface area is 190 Å². The molecule has 2 aliphatic rings. The number of nitrogens with zero attached hydrogens (tertiary/aromatic N) is 1. The molecule has 2 aromatic rings. The zero-order chi connectivity index (χ0) is 22.0. The van der Waals surface area contributed by atoms with Crippen molar-refractivity contribution in [2.75, 3.05) is 13.1 Å². The molecule has 31 heavy (non-hydrogen) atoms. The second-order valence-electron chi connectivity index (χ2n) is 7.78. The Morgan fingerprint density at radius 2 is 1.65 bits per heavy atom. The molecule has 0 bridgehead atoms. The summed E-state index contributed by atoms with van der Waals surface area (Å²) in [4.78, 5) is 26.9. The van der Waals surface area contributed by atoms with Gasteiger partial charge in [-0.1, -0.05) is 18.0 Å². The van der Waals surface area contributed by atoms with Gasteiger partial charge in [-0.3, -0.25) is 20.4 Å². The minimum atomic E-state index is -3.68. The second-order valence-corrected chi connectivity index (χ2v) is 11.3. The van der Waals surface area contributed by atoms with E-state index >= 15 is 0 Å². The lowest BCUT2D eigenvalue weighted by Gasteiger charge is -2.16. The van der Waals surface area contributed by atoms with Crippen LogP contribution in [0.3, 0.4) is 0 Å². The number of fused-ring (bicyclic) bond motifs is 1. The van der Waals surface area contributed by atoms with E-state index in [1.807, 2.05) is 6.07 Å². The molecular weight excluding hydrogens is 458 g/mol. The predicted octanol–water partition coefficient (Wildman–Crippen LogP) is 3.53. The van der Waals surface area contributed by atoms with Crippen molar-refractivity contribution in [2.24, 2.45) is 0 Å². The maximum Gasteiger partial charge on any atom is 0.279 e. The number of benzene rings is 1. The molecule has 0 saturated carbocycles. The highest BCUT2D eigenvalue weighted by Crippen LogP contribution is 2.29. The highest BCUT2D eigenvalue weighted by atomic mass is 35.5. The molecule has 7 nitrogen and oxygen atoms in total. The highest BCUT2D eigenvalue weighted by Gasteiger charge is 2.28. The van der Waals surface area contributed by atoms with Crippen molar-refractivity contribution in [1.82, 2.24) is 15.2 Å². The van der Waals surface area contributed by atoms with Crippen LogP contribution in [0.15, 0.2) is 29.2 Å². The van der Waals surface area contributed by atoms with Gasteiger partial charge < -0.3 is 0 Å². The monoisotopic (exact) mass is 481 g/mol. The largest absolute Gasteiger partial charge is 0.279 e. The van der Waals surface area contributed by atoms with Crippen molar-refractivity contribution in [2.45, 2.75) is 49.8 Å². The molecule has 1 aromatic carbocycles. The first-order valence-electron chi connectivity index (χ1n) is 10.4. The first-order chi connectivity index (χ1) is 14.9. The lowest BCUT2D eigenvalue weighted by Crippen LogP contribution is -2.41. The number of hydrazine groups is 1. The number of hydrogen-bond acceptors (Lipinski definition) is 5. The van der Waals surface area contributed by atoms with Crippen molar-refractivity contribution in [3.63, 3.8) is 0 Å². The molecule has 166 valence electrons. The Kier molecular flexibility index (Phi) is 6.66. The van der Waals surface area contributed by atoms with Gasteiger partial charge in [-0.15, -0.1) is 11.3 Å². The summed E-state index contributed by atoms with van der Waals surface area (Å²) >= 11 is 7.59. The van der Waals surface area contributed by atoms with Gasteiger partial charge in [-0.05, 0) is 68.4 Å². The molecule has 2 N–H and O–H groups in total. The third kappa shape index (κ3) is 4.79. The SMILES string of the molecule is O=C(NNC(=O)c1cc(S(=O)(=O)N2CCCC2)ccc1Cl)c1cc2c(s1)CCCCC2. The van der Waals surface area contributed by atoms with Crippen LogP contribution in [0.2, 0.25) is 5.02 Å². The molecule has 1 saturated heterocycles. The van der Waals surface area contributed by atoms with E-state index in [-0.39, 0.29) is 15.5 Å². The first-order valence-corrected chi connectivity index (χ1v) is 13.0. The Bertz CT molecular complexity index is 1080. The summed E-state index contributed by atoms with van der Waals surface area (Å²) in [5, 5.41) is 0.106. The molecule has 4 rings (SSSR count). The topological polar surface area (TPSA) is 95.6 Å². The summed E-state index contributed by atoms with van der Waals surface area (Å²) in [7, 11) is -3.68. The highest BCUT2D eigenvalue weighted by molar-refractivity contribution is 7.89. The van der Waals surface area contributed by atoms with Crippen LogP contribution in [0.1, 0.15) is 62.6 Å². The van der Waals surface area contributed by atoms with Crippen LogP contribution in [0.25, 0.3) is 0 Å². The number of hydrogen-bond donors (Lipinski definition) is 2. The van der Waals surface area contributed by atoms with E-state index in [0.717, 1.165) is 38.5 Å². The molecule has 1 aliphatic carbocycles. The lowest BCUT2D eigenvalue weighted by atomic mass is 10.1. The summed E-state index contributed by atoms with van der Waals surface area (Å²) in [5.74, 6) is -1.07. The van der Waals surface area contributed by atoms with E-state index < -0.39 is 21.8 Å². The van der Waals surface area contributed by atoms with E-state index in [1.165, 1.54) is 50.7 Å². The van der Waals surface area contributed by atoms with Crippen LogP contribution < -0.4 is 10.9 Å². The fraction of sp³-hybridized carbons (Fsp3) is 0.429. The molecule has 0 radical (unpaired) electrons. The molecule has 1 fully saturated rings.